The number of aromatic nitrogens is 3. The maximum Gasteiger partial charge on any atom is 0.267 e. The number of anilines is 1. The number of aryl methyl sites for hydroxylation is 1. The Hall–Kier alpha value is -2.74. The number of amides is 1. The van der Waals surface area contributed by atoms with E-state index in [-0.39, 0.29) is 17.3 Å². The fraction of sp³-hybridized carbons (Fsp3) is 0.300. The maximum absolute atomic E-state index is 13.0. The topological polar surface area (TPSA) is 97.1 Å². The molecule has 0 unspecified atom stereocenters. The fourth-order valence-corrected chi connectivity index (χ4v) is 3.26. The van der Waals surface area contributed by atoms with Crippen LogP contribution in [0.15, 0.2) is 45.9 Å². The molecular formula is C20H21BrN4O3. The molecule has 3 rings (SSSR count). The smallest absolute Gasteiger partial charge is 0.267 e. The first-order valence-corrected chi connectivity index (χ1v) is 9.95. The number of nitrogens with zero attached hydrogens (tertiary/aromatic N) is 3. The van der Waals surface area contributed by atoms with E-state index in [9.17, 15) is 14.7 Å². The lowest BCUT2D eigenvalue weighted by atomic mass is 10.1. The van der Waals surface area contributed by atoms with Crippen molar-refractivity contribution in [2.24, 2.45) is 0 Å². The van der Waals surface area contributed by atoms with Gasteiger partial charge in [0.2, 0.25) is 5.95 Å². The largest absolute Gasteiger partial charge is 0.506 e. The monoisotopic (exact) mass is 444 g/mol. The first-order chi connectivity index (χ1) is 13.5. The number of para-hydroxylation sites is 1. The van der Waals surface area contributed by atoms with Gasteiger partial charge in [-0.2, -0.15) is 0 Å². The van der Waals surface area contributed by atoms with E-state index in [1.54, 1.807) is 28.8 Å². The highest BCUT2D eigenvalue weighted by molar-refractivity contribution is 9.10. The van der Waals surface area contributed by atoms with Crippen LogP contribution in [0.2, 0.25) is 0 Å². The highest BCUT2D eigenvalue weighted by Crippen LogP contribution is 2.27. The summed E-state index contributed by atoms with van der Waals surface area (Å²) in [5.41, 5.74) is -0.221. The van der Waals surface area contributed by atoms with Gasteiger partial charge in [-0.3, -0.25) is 14.9 Å². The van der Waals surface area contributed by atoms with Gasteiger partial charge in [-0.15, -0.1) is 0 Å². The van der Waals surface area contributed by atoms with Crippen molar-refractivity contribution in [1.82, 2.24) is 14.5 Å². The third-order valence-corrected chi connectivity index (χ3v) is 4.86. The zero-order valence-corrected chi connectivity index (χ0v) is 17.1. The van der Waals surface area contributed by atoms with E-state index in [0.717, 1.165) is 25.7 Å². The second kappa shape index (κ2) is 8.97. The standard InChI is InChI=1S/C20H21BrN4O3/c1-2-3-4-7-10-25-15-9-6-5-8-14(15)17(26)16(19(25)28)18(27)24-20-22-11-13(21)12-23-20/h5-6,8-9,11-12,26H,2-4,7,10H2,1H3,(H,22,23,24,27). The molecule has 28 heavy (non-hydrogen) atoms. The number of hydrogen-bond acceptors (Lipinski definition) is 5. The van der Waals surface area contributed by atoms with Crippen molar-refractivity contribution in [2.45, 2.75) is 39.2 Å². The summed E-state index contributed by atoms with van der Waals surface area (Å²) in [5, 5.41) is 13.6. The zero-order valence-electron chi connectivity index (χ0n) is 15.5. The third-order valence-electron chi connectivity index (χ3n) is 4.45. The Labute approximate surface area is 170 Å². The SMILES string of the molecule is CCCCCCn1c(=O)c(C(=O)Nc2ncc(Br)cn2)c(O)c2ccccc21. The minimum Gasteiger partial charge on any atom is -0.506 e. The van der Waals surface area contributed by atoms with Crippen LogP contribution in [0.4, 0.5) is 5.95 Å². The van der Waals surface area contributed by atoms with Crippen LogP contribution in [-0.4, -0.2) is 25.5 Å². The molecule has 0 aliphatic heterocycles. The average Bonchev–Trinajstić information content (AvgIpc) is 2.69. The first kappa shape index (κ1) is 20.0. The maximum atomic E-state index is 13.0. The number of benzene rings is 1. The summed E-state index contributed by atoms with van der Waals surface area (Å²) >= 11 is 3.22. The lowest BCUT2D eigenvalue weighted by molar-refractivity contribution is 0.102. The van der Waals surface area contributed by atoms with Gasteiger partial charge in [-0.05, 0) is 34.5 Å². The molecule has 1 aromatic carbocycles. The molecule has 0 spiro atoms. The zero-order chi connectivity index (χ0) is 20.1. The molecule has 0 aliphatic rings. The molecule has 0 saturated carbocycles. The summed E-state index contributed by atoms with van der Waals surface area (Å²) in [6, 6.07) is 7.03. The van der Waals surface area contributed by atoms with Crippen LogP contribution in [0.25, 0.3) is 10.9 Å². The Morgan fingerprint density at radius 1 is 1.18 bits per heavy atom. The number of carbonyl (C=O) groups is 1. The fourth-order valence-electron chi connectivity index (χ4n) is 3.05. The molecule has 2 aromatic heterocycles. The highest BCUT2D eigenvalue weighted by Gasteiger charge is 2.22. The van der Waals surface area contributed by atoms with Crippen LogP contribution in [0, 0.1) is 0 Å². The number of aromatic hydroxyl groups is 1. The van der Waals surface area contributed by atoms with E-state index in [2.05, 4.69) is 38.1 Å². The molecule has 2 heterocycles. The number of nitrogens with one attached hydrogen (secondary N) is 1. The molecule has 0 bridgehead atoms. The number of halogens is 1. The molecule has 7 nitrogen and oxygen atoms in total. The Morgan fingerprint density at radius 2 is 1.89 bits per heavy atom. The van der Waals surface area contributed by atoms with Crippen molar-refractivity contribution in [3.63, 3.8) is 0 Å². The predicted octanol–water partition coefficient (Wildman–Crippen LogP) is 4.09. The number of carbonyl (C=O) groups excluding carboxylic acids is 1. The summed E-state index contributed by atoms with van der Waals surface area (Å²) in [6.07, 6.45) is 6.95. The van der Waals surface area contributed by atoms with Gasteiger partial charge in [0.15, 0.2) is 0 Å². The minimum atomic E-state index is -0.738. The highest BCUT2D eigenvalue weighted by atomic mass is 79.9. The molecular weight excluding hydrogens is 424 g/mol. The van der Waals surface area contributed by atoms with Crippen molar-refractivity contribution in [3.8, 4) is 5.75 Å². The summed E-state index contributed by atoms with van der Waals surface area (Å²) in [5.74, 6) is -1.02. The Morgan fingerprint density at radius 3 is 2.61 bits per heavy atom. The molecule has 8 heteroatoms. The van der Waals surface area contributed by atoms with E-state index >= 15 is 0 Å². The van der Waals surface area contributed by atoms with E-state index < -0.39 is 11.5 Å². The summed E-state index contributed by atoms with van der Waals surface area (Å²) in [4.78, 5) is 33.7. The Bertz CT molecular complexity index is 1050. The lowest BCUT2D eigenvalue weighted by Crippen LogP contribution is -2.30. The Balaban J connectivity index is 2.02. The molecule has 0 fully saturated rings. The van der Waals surface area contributed by atoms with Crippen molar-refractivity contribution in [3.05, 3.63) is 57.0 Å². The number of pyridine rings is 1. The van der Waals surface area contributed by atoms with Gasteiger partial charge in [0.1, 0.15) is 11.3 Å². The molecule has 2 N–H and O–H groups in total. The molecule has 146 valence electrons. The second-order valence-corrected chi connectivity index (χ2v) is 7.35. The quantitative estimate of drug-likeness (QED) is 0.534. The van der Waals surface area contributed by atoms with Gasteiger partial charge in [-0.25, -0.2) is 9.97 Å². The molecule has 3 aromatic rings. The predicted molar refractivity (Wildman–Crippen MR) is 112 cm³/mol. The van der Waals surface area contributed by atoms with E-state index in [0.29, 0.717) is 21.9 Å². The normalized spacial score (nSPS) is 10.9. The van der Waals surface area contributed by atoms with Gasteiger partial charge in [0, 0.05) is 24.3 Å². The van der Waals surface area contributed by atoms with Crippen molar-refractivity contribution < 1.29 is 9.90 Å². The van der Waals surface area contributed by atoms with Crippen molar-refractivity contribution in [2.75, 3.05) is 5.32 Å². The second-order valence-electron chi connectivity index (χ2n) is 6.44. The third kappa shape index (κ3) is 4.22. The van der Waals surface area contributed by atoms with Gasteiger partial charge in [0.25, 0.3) is 11.5 Å². The van der Waals surface area contributed by atoms with E-state index in [1.807, 2.05) is 0 Å². The van der Waals surface area contributed by atoms with Crippen molar-refractivity contribution in [1.29, 1.82) is 0 Å². The summed E-state index contributed by atoms with van der Waals surface area (Å²) < 4.78 is 2.22. The van der Waals surface area contributed by atoms with Gasteiger partial charge >= 0.3 is 0 Å². The van der Waals surface area contributed by atoms with Crippen LogP contribution in [0.1, 0.15) is 43.0 Å². The van der Waals surface area contributed by atoms with E-state index in [4.69, 9.17) is 0 Å². The summed E-state index contributed by atoms with van der Waals surface area (Å²) in [6.45, 7) is 2.60. The van der Waals surface area contributed by atoms with E-state index in [1.165, 1.54) is 12.4 Å². The number of fused-ring (bicyclic) bond motifs is 1. The average molecular weight is 445 g/mol. The van der Waals surface area contributed by atoms with Crippen LogP contribution in [0.5, 0.6) is 5.75 Å². The van der Waals surface area contributed by atoms with Gasteiger partial charge in [-0.1, -0.05) is 38.3 Å². The Kier molecular flexibility index (Phi) is 6.41. The van der Waals surface area contributed by atoms with Crippen LogP contribution in [-0.2, 0) is 6.54 Å². The number of hydrogen-bond donors (Lipinski definition) is 2. The minimum absolute atomic E-state index is 0.0506. The number of rotatable bonds is 7. The lowest BCUT2D eigenvalue weighted by Gasteiger charge is -2.14. The van der Waals surface area contributed by atoms with Crippen LogP contribution >= 0.6 is 15.9 Å². The molecule has 0 radical (unpaired) electrons. The van der Waals surface area contributed by atoms with Crippen LogP contribution in [0.3, 0.4) is 0 Å². The van der Waals surface area contributed by atoms with Gasteiger partial charge < -0.3 is 9.67 Å². The first-order valence-electron chi connectivity index (χ1n) is 9.16. The number of unbranched alkanes of at least 4 members (excludes halogenated alkanes) is 3. The van der Waals surface area contributed by atoms with Crippen LogP contribution < -0.4 is 10.9 Å². The summed E-state index contributed by atoms with van der Waals surface area (Å²) in [7, 11) is 0. The van der Waals surface area contributed by atoms with Crippen molar-refractivity contribution >= 4 is 38.7 Å². The molecule has 0 atom stereocenters. The molecule has 1 amide bonds. The molecule has 0 aliphatic carbocycles. The molecule has 0 saturated heterocycles. The van der Waals surface area contributed by atoms with Gasteiger partial charge in [0.05, 0.1) is 9.99 Å².